The maximum atomic E-state index is 12.3. The summed E-state index contributed by atoms with van der Waals surface area (Å²) >= 11 is 0. The maximum Gasteiger partial charge on any atom is 0.471 e. The van der Waals surface area contributed by atoms with Crippen molar-refractivity contribution >= 4 is 16.8 Å². The van der Waals surface area contributed by atoms with Gasteiger partial charge in [-0.1, -0.05) is 30.3 Å². The number of carbonyl (C=O) groups excluding carboxylic acids is 1. The molecule has 1 heterocycles. The number of alkyl halides is 3. The highest BCUT2D eigenvalue weighted by Crippen LogP contribution is 2.26. The average Bonchev–Trinajstić information content (AvgIpc) is 2.95. The molecule has 2 aromatic carbocycles. The minimum atomic E-state index is -4.86. The Labute approximate surface area is 154 Å². The summed E-state index contributed by atoms with van der Waals surface area (Å²) in [4.78, 5) is 10.9. The number of aromatic nitrogens is 1. The third kappa shape index (κ3) is 4.61. The van der Waals surface area contributed by atoms with Crippen molar-refractivity contribution in [3.63, 3.8) is 0 Å². The van der Waals surface area contributed by atoms with Crippen LogP contribution >= 0.6 is 0 Å². The van der Waals surface area contributed by atoms with Gasteiger partial charge in [0.05, 0.1) is 0 Å². The molecule has 4 nitrogen and oxygen atoms in total. The number of ether oxygens (including phenoxy) is 1. The highest BCUT2D eigenvalue weighted by molar-refractivity contribution is 5.85. The van der Waals surface area contributed by atoms with E-state index in [0.717, 1.165) is 22.0 Å². The number of hydrogen-bond acceptors (Lipinski definition) is 2. The second kappa shape index (κ2) is 7.73. The lowest BCUT2D eigenvalue weighted by Gasteiger charge is -2.08. The Hall–Kier alpha value is -2.96. The first-order valence-corrected chi connectivity index (χ1v) is 8.44. The Morgan fingerprint density at radius 3 is 2.59 bits per heavy atom. The van der Waals surface area contributed by atoms with E-state index in [0.29, 0.717) is 18.8 Å². The lowest BCUT2D eigenvalue weighted by atomic mass is 10.1. The van der Waals surface area contributed by atoms with Crippen LogP contribution < -0.4 is 10.1 Å². The number of aryl methyl sites for hydroxylation is 1. The predicted octanol–water partition coefficient (Wildman–Crippen LogP) is 3.98. The van der Waals surface area contributed by atoms with Crippen molar-refractivity contribution in [3.05, 3.63) is 65.9 Å². The topological polar surface area (TPSA) is 43.3 Å². The zero-order chi connectivity index (χ0) is 19.4. The molecule has 0 fully saturated rings. The van der Waals surface area contributed by atoms with Gasteiger partial charge in [-0.15, -0.1) is 0 Å². The van der Waals surface area contributed by atoms with E-state index < -0.39 is 12.1 Å². The average molecular weight is 376 g/mol. The van der Waals surface area contributed by atoms with E-state index in [-0.39, 0.29) is 6.54 Å². The summed E-state index contributed by atoms with van der Waals surface area (Å²) in [6.45, 7) is 0.336. The lowest BCUT2D eigenvalue weighted by molar-refractivity contribution is -0.173. The number of fused-ring (bicyclic) bond motifs is 1. The second-order valence-electron chi connectivity index (χ2n) is 6.22. The molecule has 0 aliphatic carbocycles. The first-order valence-electron chi connectivity index (χ1n) is 8.44. The van der Waals surface area contributed by atoms with Crippen molar-refractivity contribution in [1.82, 2.24) is 9.88 Å². The smallest absolute Gasteiger partial charge is 0.471 e. The van der Waals surface area contributed by atoms with Gasteiger partial charge in [-0.3, -0.25) is 4.79 Å². The van der Waals surface area contributed by atoms with Gasteiger partial charge in [-0.2, -0.15) is 13.2 Å². The Morgan fingerprint density at radius 2 is 1.89 bits per heavy atom. The zero-order valence-electron chi connectivity index (χ0n) is 14.7. The summed E-state index contributed by atoms with van der Waals surface area (Å²) in [6, 6.07) is 15.4. The number of nitrogens with zero attached hydrogens (tertiary/aromatic N) is 1. The van der Waals surface area contributed by atoms with Gasteiger partial charge in [0, 0.05) is 30.7 Å². The molecular formula is C20H19F3N2O2. The van der Waals surface area contributed by atoms with Crippen LogP contribution in [0.25, 0.3) is 10.9 Å². The monoisotopic (exact) mass is 376 g/mol. The summed E-state index contributed by atoms with van der Waals surface area (Å²) in [7, 11) is 1.87. The number of carbonyl (C=O) groups is 1. The minimum absolute atomic E-state index is 0.0907. The minimum Gasteiger partial charge on any atom is -0.489 e. The highest BCUT2D eigenvalue weighted by Gasteiger charge is 2.38. The van der Waals surface area contributed by atoms with E-state index in [4.69, 9.17) is 4.74 Å². The Balaban J connectivity index is 1.71. The van der Waals surface area contributed by atoms with Crippen LogP contribution in [0.5, 0.6) is 5.75 Å². The largest absolute Gasteiger partial charge is 0.489 e. The Bertz CT molecular complexity index is 934. The van der Waals surface area contributed by atoms with Crippen LogP contribution in [-0.2, 0) is 24.9 Å². The Kier molecular flexibility index (Phi) is 5.39. The van der Waals surface area contributed by atoms with E-state index in [1.54, 1.807) is 0 Å². The van der Waals surface area contributed by atoms with Gasteiger partial charge in [-0.05, 0) is 35.7 Å². The van der Waals surface area contributed by atoms with Crippen LogP contribution in [0.3, 0.4) is 0 Å². The molecule has 0 radical (unpaired) electrons. The van der Waals surface area contributed by atoms with Gasteiger partial charge < -0.3 is 14.6 Å². The van der Waals surface area contributed by atoms with E-state index >= 15 is 0 Å². The molecule has 1 amide bonds. The third-order valence-corrected chi connectivity index (χ3v) is 4.23. The number of rotatable bonds is 6. The zero-order valence-corrected chi connectivity index (χ0v) is 14.7. The fourth-order valence-electron chi connectivity index (χ4n) is 2.89. The maximum absolute atomic E-state index is 12.3. The van der Waals surface area contributed by atoms with Gasteiger partial charge >= 0.3 is 12.1 Å². The fraction of sp³-hybridized carbons (Fsp3) is 0.250. The standard InChI is InChI=1S/C20H19F3N2O2/c1-25-12-15(9-10-24-19(26)20(21,22)23)17-11-16(7-8-18(17)25)27-13-14-5-3-2-4-6-14/h2-8,11-12H,9-10,13H2,1H3,(H,24,26). The Morgan fingerprint density at radius 1 is 1.15 bits per heavy atom. The summed E-state index contributed by atoms with van der Waals surface area (Å²) in [5, 5.41) is 2.79. The molecule has 0 spiro atoms. The van der Waals surface area contributed by atoms with Crippen LogP contribution in [0.4, 0.5) is 13.2 Å². The third-order valence-electron chi connectivity index (χ3n) is 4.23. The number of halogens is 3. The second-order valence-corrected chi connectivity index (χ2v) is 6.22. The van der Waals surface area contributed by atoms with Crippen molar-refractivity contribution < 1.29 is 22.7 Å². The van der Waals surface area contributed by atoms with Gasteiger partial charge in [0.15, 0.2) is 0 Å². The van der Waals surface area contributed by atoms with Crippen molar-refractivity contribution in [2.24, 2.45) is 7.05 Å². The molecule has 142 valence electrons. The predicted molar refractivity (Wildman–Crippen MR) is 96.5 cm³/mol. The molecule has 0 aliphatic heterocycles. The summed E-state index contributed by atoms with van der Waals surface area (Å²) in [5.41, 5.74) is 2.83. The molecule has 3 aromatic rings. The van der Waals surface area contributed by atoms with E-state index in [2.05, 4.69) is 0 Å². The van der Waals surface area contributed by atoms with Crippen LogP contribution in [0, 0.1) is 0 Å². The number of amides is 1. The molecule has 0 aliphatic rings. The number of benzene rings is 2. The summed E-state index contributed by atoms with van der Waals surface area (Å²) in [6.07, 6.45) is -2.72. The van der Waals surface area contributed by atoms with Crippen LogP contribution in [0.2, 0.25) is 0 Å². The van der Waals surface area contributed by atoms with E-state index in [1.807, 2.05) is 71.7 Å². The van der Waals surface area contributed by atoms with Crippen molar-refractivity contribution in [2.45, 2.75) is 19.2 Å². The van der Waals surface area contributed by atoms with Gasteiger partial charge in [0.2, 0.25) is 0 Å². The van der Waals surface area contributed by atoms with Crippen LogP contribution in [0.15, 0.2) is 54.7 Å². The molecular weight excluding hydrogens is 357 g/mol. The summed E-state index contributed by atoms with van der Waals surface area (Å²) in [5.74, 6) is -1.24. The molecule has 0 saturated carbocycles. The fourth-order valence-corrected chi connectivity index (χ4v) is 2.89. The van der Waals surface area contributed by atoms with Gasteiger partial charge in [-0.25, -0.2) is 0 Å². The highest BCUT2D eigenvalue weighted by atomic mass is 19.4. The van der Waals surface area contributed by atoms with Crippen molar-refractivity contribution in [2.75, 3.05) is 6.54 Å². The first-order chi connectivity index (χ1) is 12.8. The molecule has 0 unspecified atom stereocenters. The van der Waals surface area contributed by atoms with E-state index in [9.17, 15) is 18.0 Å². The van der Waals surface area contributed by atoms with Crippen LogP contribution in [-0.4, -0.2) is 23.2 Å². The van der Waals surface area contributed by atoms with E-state index in [1.165, 1.54) is 0 Å². The van der Waals surface area contributed by atoms with Crippen molar-refractivity contribution in [1.29, 1.82) is 0 Å². The van der Waals surface area contributed by atoms with Crippen LogP contribution in [0.1, 0.15) is 11.1 Å². The molecule has 1 aromatic heterocycles. The SMILES string of the molecule is Cn1cc(CCNC(=O)C(F)(F)F)c2cc(OCc3ccccc3)ccc21. The molecule has 1 N–H and O–H groups in total. The molecule has 7 heteroatoms. The number of hydrogen-bond donors (Lipinski definition) is 1. The molecule has 0 bridgehead atoms. The van der Waals surface area contributed by atoms with Crippen molar-refractivity contribution in [3.8, 4) is 5.75 Å². The lowest BCUT2D eigenvalue weighted by Crippen LogP contribution is -2.37. The number of nitrogens with one attached hydrogen (secondary N) is 1. The quantitative estimate of drug-likeness (QED) is 0.707. The van der Waals surface area contributed by atoms with Gasteiger partial charge in [0.25, 0.3) is 0 Å². The normalized spacial score (nSPS) is 11.6. The summed E-state index contributed by atoms with van der Waals surface area (Å²) < 4.78 is 44.6. The molecule has 27 heavy (non-hydrogen) atoms. The first kappa shape index (κ1) is 18.8. The molecule has 3 rings (SSSR count). The molecule has 0 saturated heterocycles. The van der Waals surface area contributed by atoms with Gasteiger partial charge in [0.1, 0.15) is 12.4 Å². The molecule has 0 atom stereocenters.